The van der Waals surface area contributed by atoms with Crippen LogP contribution < -0.4 is 5.73 Å². The van der Waals surface area contributed by atoms with Crippen LogP contribution in [0.4, 0.5) is 0 Å². The molecule has 2 aromatic heterocycles. The van der Waals surface area contributed by atoms with Gasteiger partial charge in [-0.05, 0) is 68.0 Å². The van der Waals surface area contributed by atoms with E-state index in [1.807, 2.05) is 26.0 Å². The van der Waals surface area contributed by atoms with Crippen LogP contribution in [0.25, 0.3) is 0 Å². The highest BCUT2D eigenvalue weighted by Crippen LogP contribution is 2.20. The number of rotatable bonds is 6. The van der Waals surface area contributed by atoms with Crippen molar-refractivity contribution in [3.8, 4) is 0 Å². The van der Waals surface area contributed by atoms with Gasteiger partial charge in [-0.1, -0.05) is 20.8 Å². The Labute approximate surface area is 219 Å². The maximum Gasteiger partial charge on any atom is 0.232 e. The van der Waals surface area contributed by atoms with Gasteiger partial charge in [0.1, 0.15) is 0 Å². The first-order chi connectivity index (χ1) is 14.2. The van der Waals surface area contributed by atoms with Crippen LogP contribution in [0.15, 0.2) is 45.9 Å². The highest BCUT2D eigenvalue weighted by Gasteiger charge is 2.15. The van der Waals surface area contributed by atoms with Crippen LogP contribution in [0.5, 0.6) is 0 Å². The highest BCUT2D eigenvalue weighted by molar-refractivity contribution is 9.10. The molecule has 0 radical (unpaired) electrons. The summed E-state index contributed by atoms with van der Waals surface area (Å²) >= 11 is 6.63. The third-order valence-electron chi connectivity index (χ3n) is 3.84. The molecule has 0 aliphatic carbocycles. The normalized spacial score (nSPS) is 12.8. The Morgan fingerprint density at radius 1 is 0.906 bits per heavy atom. The third kappa shape index (κ3) is 16.3. The molecule has 0 saturated carbocycles. The lowest BCUT2D eigenvalue weighted by atomic mass is 10.1. The van der Waals surface area contributed by atoms with Gasteiger partial charge < -0.3 is 5.73 Å². The average Bonchev–Trinajstić information content (AvgIpc) is 2.68. The van der Waals surface area contributed by atoms with Crippen molar-refractivity contribution in [3.05, 3.63) is 57.0 Å². The number of aromatic nitrogens is 2. The van der Waals surface area contributed by atoms with E-state index in [-0.39, 0.29) is 41.6 Å². The van der Waals surface area contributed by atoms with Gasteiger partial charge in [0, 0.05) is 56.2 Å². The van der Waals surface area contributed by atoms with Crippen molar-refractivity contribution in [3.63, 3.8) is 0 Å². The number of hydrogen-bond donors (Lipinski definition) is 1. The van der Waals surface area contributed by atoms with Crippen LogP contribution in [-0.4, -0.2) is 44.1 Å². The molecule has 2 rings (SSSR count). The Kier molecular flexibility index (Phi) is 17.3. The van der Waals surface area contributed by atoms with Crippen molar-refractivity contribution in [2.24, 2.45) is 5.73 Å². The summed E-state index contributed by atoms with van der Waals surface area (Å²) in [4.78, 5) is 8.00. The van der Waals surface area contributed by atoms with Gasteiger partial charge in [-0.15, -0.1) is 12.4 Å². The van der Waals surface area contributed by atoms with E-state index in [0.29, 0.717) is 0 Å². The fourth-order valence-electron chi connectivity index (χ4n) is 1.97. The van der Waals surface area contributed by atoms with Gasteiger partial charge in [0.05, 0.1) is 11.5 Å². The summed E-state index contributed by atoms with van der Waals surface area (Å²) in [6, 6.07) is 3.94. The molecule has 2 atom stereocenters. The second kappa shape index (κ2) is 16.3. The van der Waals surface area contributed by atoms with E-state index < -0.39 is 18.9 Å². The number of nitrogens with zero attached hydrogens (tertiary/aromatic N) is 2. The summed E-state index contributed by atoms with van der Waals surface area (Å²) in [6.07, 6.45) is 6.91. The predicted molar refractivity (Wildman–Crippen MR) is 142 cm³/mol. The third-order valence-corrected chi connectivity index (χ3v) is 7.93. The minimum Gasteiger partial charge on any atom is -0.324 e. The van der Waals surface area contributed by atoms with Gasteiger partial charge in [-0.3, -0.25) is 9.97 Å². The van der Waals surface area contributed by atoms with Crippen molar-refractivity contribution in [2.75, 3.05) is 17.3 Å². The SMILES string of the molecule is CCS(=O)(=O)C[C@H](C)c1cncc(Br)c1.CCS(=O)(=O)Cl.C[C@@H](N)c1cncc(Br)c1.Cl. The zero-order chi connectivity index (χ0) is 24.2. The molecule has 0 fully saturated rings. The molecule has 0 amide bonds. The largest absolute Gasteiger partial charge is 0.324 e. The van der Waals surface area contributed by atoms with Crippen molar-refractivity contribution >= 4 is 73.8 Å². The fourth-order valence-corrected chi connectivity index (χ4v) is 3.93. The van der Waals surface area contributed by atoms with Crippen LogP contribution >= 0.6 is 54.9 Å². The van der Waals surface area contributed by atoms with Gasteiger partial charge >= 0.3 is 0 Å². The summed E-state index contributed by atoms with van der Waals surface area (Å²) in [5.74, 6) is 0.370. The quantitative estimate of drug-likeness (QED) is 0.422. The Bertz CT molecular complexity index is 1020. The van der Waals surface area contributed by atoms with Crippen molar-refractivity contribution in [1.82, 2.24) is 9.97 Å². The van der Waals surface area contributed by atoms with Crippen molar-refractivity contribution < 1.29 is 16.8 Å². The molecule has 32 heavy (non-hydrogen) atoms. The van der Waals surface area contributed by atoms with Crippen LogP contribution in [0.3, 0.4) is 0 Å². The molecule has 0 saturated heterocycles. The van der Waals surface area contributed by atoms with E-state index in [0.717, 1.165) is 20.1 Å². The second-order valence-corrected chi connectivity index (χ2v) is 13.9. The first-order valence-electron chi connectivity index (χ1n) is 9.30. The molecule has 7 nitrogen and oxygen atoms in total. The first-order valence-corrected chi connectivity index (χ1v) is 15.2. The van der Waals surface area contributed by atoms with Crippen molar-refractivity contribution in [2.45, 2.75) is 39.7 Å². The minimum atomic E-state index is -3.19. The first kappa shape index (κ1) is 33.9. The van der Waals surface area contributed by atoms with Crippen LogP contribution in [0, 0.1) is 0 Å². The van der Waals surface area contributed by atoms with Gasteiger partial charge in [0.15, 0.2) is 9.84 Å². The van der Waals surface area contributed by atoms with Crippen LogP contribution in [-0.2, 0) is 18.9 Å². The number of nitrogens with two attached hydrogens (primary N) is 1. The average molecular weight is 658 g/mol. The summed E-state index contributed by atoms with van der Waals surface area (Å²) < 4.78 is 44.3. The summed E-state index contributed by atoms with van der Waals surface area (Å²) in [7, 11) is -1.42. The van der Waals surface area contributed by atoms with E-state index in [1.54, 1.807) is 31.7 Å². The Morgan fingerprint density at radius 3 is 1.62 bits per heavy atom. The Morgan fingerprint density at radius 2 is 1.31 bits per heavy atom. The molecule has 2 aromatic rings. The van der Waals surface area contributed by atoms with Crippen LogP contribution in [0.2, 0.25) is 0 Å². The standard InChI is InChI=1S/C10H14BrNO2S.C7H9BrN2.C2H5ClO2S.ClH/c1-3-15(13,14)7-8(2)9-4-10(11)6-12-5-9;1-5(9)6-2-7(8)4-10-3-6;1-2-6(3,4)5;/h4-6,8H,3,7H2,1-2H3;2-5H,9H2,1H3;2H2,1H3;1H/t8-;5-;;/m01../s1. The molecular weight excluding hydrogens is 629 g/mol. The highest BCUT2D eigenvalue weighted by atomic mass is 79.9. The van der Waals surface area contributed by atoms with Crippen LogP contribution in [0.1, 0.15) is 50.8 Å². The van der Waals surface area contributed by atoms with Gasteiger partial charge in [-0.2, -0.15) is 0 Å². The zero-order valence-corrected chi connectivity index (χ0v) is 24.6. The Balaban J connectivity index is 0. The lowest BCUT2D eigenvalue weighted by Gasteiger charge is -2.11. The molecule has 0 unspecified atom stereocenters. The number of sulfone groups is 1. The van der Waals surface area contributed by atoms with Gasteiger partial charge in [0.2, 0.25) is 9.05 Å². The molecule has 0 aliphatic rings. The predicted octanol–water partition coefficient (Wildman–Crippen LogP) is 5.24. The molecule has 2 N–H and O–H groups in total. The summed E-state index contributed by atoms with van der Waals surface area (Å²) in [6.45, 7) is 6.99. The monoisotopic (exact) mass is 655 g/mol. The second-order valence-electron chi connectivity index (χ2n) is 6.59. The number of halogens is 4. The number of pyridine rings is 2. The molecular formula is C19H29Br2Cl2N3O4S2. The zero-order valence-electron chi connectivity index (χ0n) is 18.2. The van der Waals surface area contributed by atoms with E-state index >= 15 is 0 Å². The lowest BCUT2D eigenvalue weighted by Crippen LogP contribution is -2.14. The molecule has 0 aliphatic heterocycles. The van der Waals surface area contributed by atoms with E-state index in [4.69, 9.17) is 5.73 Å². The minimum absolute atomic E-state index is 0. The molecule has 0 spiro atoms. The van der Waals surface area contributed by atoms with E-state index in [1.165, 1.54) is 6.92 Å². The van der Waals surface area contributed by atoms with E-state index in [9.17, 15) is 16.8 Å². The molecule has 0 bridgehead atoms. The molecule has 2 heterocycles. The van der Waals surface area contributed by atoms with Gasteiger partial charge in [0.25, 0.3) is 0 Å². The molecule has 184 valence electrons. The summed E-state index contributed by atoms with van der Waals surface area (Å²) in [5, 5.41) is 0. The lowest BCUT2D eigenvalue weighted by molar-refractivity contribution is 0.591. The molecule has 0 aromatic carbocycles. The maximum absolute atomic E-state index is 11.4. The maximum atomic E-state index is 11.4. The van der Waals surface area contributed by atoms with E-state index in [2.05, 4.69) is 52.5 Å². The molecule has 13 heteroatoms. The van der Waals surface area contributed by atoms with Gasteiger partial charge in [-0.25, -0.2) is 16.8 Å². The topological polar surface area (TPSA) is 120 Å². The van der Waals surface area contributed by atoms with Crippen molar-refractivity contribution in [1.29, 1.82) is 0 Å². The smallest absolute Gasteiger partial charge is 0.232 e. The fraction of sp³-hybridized carbons (Fsp3) is 0.474. The summed E-state index contributed by atoms with van der Waals surface area (Å²) in [5.41, 5.74) is 7.62. The number of hydrogen-bond acceptors (Lipinski definition) is 7. The Hall–Kier alpha value is -0.300.